The molecule has 1 aliphatic heterocycles. The minimum atomic E-state index is -1.74. The summed E-state index contributed by atoms with van der Waals surface area (Å²) >= 11 is 0. The number of H-pyrrole nitrogens is 1. The lowest BCUT2D eigenvalue weighted by atomic mass is 9.95. The zero-order valence-electron chi connectivity index (χ0n) is 24.0. The number of hydrogen-bond acceptors (Lipinski definition) is 10. The lowest BCUT2D eigenvalue weighted by Crippen LogP contribution is -2.50. The highest BCUT2D eigenvalue weighted by atomic mass is 16.7. The number of nitrogens with zero attached hydrogens (tertiary/aromatic N) is 2. The number of benzene rings is 3. The smallest absolute Gasteiger partial charge is 0.338 e. The van der Waals surface area contributed by atoms with Crippen molar-refractivity contribution in [1.29, 1.82) is 0 Å². The molecule has 12 nitrogen and oxygen atoms in total. The molecule has 228 valence electrons. The number of ether oxygens (including phenoxy) is 4. The second kappa shape index (κ2) is 12.1. The van der Waals surface area contributed by atoms with Crippen LogP contribution in [0.4, 0.5) is 5.82 Å². The fraction of sp³-hybridized carbons (Fsp3) is 0.182. The average molecular weight is 609 g/mol. The number of aromatic nitrogens is 3. The van der Waals surface area contributed by atoms with Crippen LogP contribution in [0.15, 0.2) is 108 Å². The summed E-state index contributed by atoms with van der Waals surface area (Å²) in [6.45, 7) is 1.17. The molecule has 3 N–H and O–H groups in total. The van der Waals surface area contributed by atoms with Crippen LogP contribution in [-0.4, -0.2) is 56.9 Å². The van der Waals surface area contributed by atoms with E-state index in [0.29, 0.717) is 5.56 Å². The summed E-state index contributed by atoms with van der Waals surface area (Å²) < 4.78 is 25.7. The molecule has 0 bridgehead atoms. The van der Waals surface area contributed by atoms with Gasteiger partial charge in [0, 0.05) is 6.07 Å². The monoisotopic (exact) mass is 608 g/mol. The van der Waals surface area contributed by atoms with Crippen molar-refractivity contribution >= 4 is 34.8 Å². The SMILES string of the molecule is C[C@]1(OC(=O)c2ccccc2)[C@H](OC(=O)c2ccccc2)[C@H](COC(=O)c2ccccc2)O[C@@H]1n1cnc2c(=O)[nH]c(N)cc21. The lowest BCUT2D eigenvalue weighted by Gasteiger charge is -2.34. The number of esters is 3. The molecule has 0 spiro atoms. The van der Waals surface area contributed by atoms with E-state index in [2.05, 4.69) is 9.97 Å². The molecule has 3 heterocycles. The third-order valence-corrected chi connectivity index (χ3v) is 7.50. The standard InChI is InChI=1S/C33H28N4O8/c1-33(45-31(41)22-15-9-4-10-16-22)27(44-30(40)21-13-7-3-8-14-21)24(18-42-29(39)20-11-5-2-6-12-20)43-32(33)37-19-35-26-23(37)17-25(34)36-28(26)38/h2-17,19,24,27,32H,18H2,1H3,(H3,34,36,38)/t24-,27+,32-,33-/m0/s1. The van der Waals surface area contributed by atoms with Crippen LogP contribution in [0.2, 0.25) is 0 Å². The minimum absolute atomic E-state index is 0.0568. The fourth-order valence-electron chi connectivity index (χ4n) is 5.31. The average Bonchev–Trinajstić information content (AvgIpc) is 3.59. The van der Waals surface area contributed by atoms with Crippen LogP contribution in [-0.2, 0) is 18.9 Å². The number of rotatable bonds is 8. The molecule has 2 aromatic heterocycles. The van der Waals surface area contributed by atoms with Crippen LogP contribution >= 0.6 is 0 Å². The predicted octanol–water partition coefficient (Wildman–Crippen LogP) is 3.90. The highest BCUT2D eigenvalue weighted by Gasteiger charge is 2.60. The maximum absolute atomic E-state index is 13.5. The van der Waals surface area contributed by atoms with Gasteiger partial charge in [0.05, 0.1) is 28.5 Å². The lowest BCUT2D eigenvalue weighted by molar-refractivity contribution is -0.108. The van der Waals surface area contributed by atoms with Crippen LogP contribution in [0.1, 0.15) is 44.2 Å². The second-order valence-electron chi connectivity index (χ2n) is 10.6. The number of imidazole rings is 1. The summed E-state index contributed by atoms with van der Waals surface area (Å²) in [4.78, 5) is 59.2. The molecule has 0 unspecified atom stereocenters. The molecule has 5 aromatic rings. The minimum Gasteiger partial charge on any atom is -0.459 e. The van der Waals surface area contributed by atoms with Gasteiger partial charge in [-0.3, -0.25) is 9.36 Å². The van der Waals surface area contributed by atoms with Gasteiger partial charge in [-0.1, -0.05) is 54.6 Å². The molecule has 45 heavy (non-hydrogen) atoms. The molecule has 1 fully saturated rings. The summed E-state index contributed by atoms with van der Waals surface area (Å²) in [5, 5.41) is 0. The van der Waals surface area contributed by atoms with Gasteiger partial charge < -0.3 is 29.7 Å². The van der Waals surface area contributed by atoms with E-state index < -0.39 is 47.5 Å². The first-order valence-corrected chi connectivity index (χ1v) is 14.0. The van der Waals surface area contributed by atoms with Gasteiger partial charge in [-0.05, 0) is 43.3 Å². The third-order valence-electron chi connectivity index (χ3n) is 7.50. The number of anilines is 1. The quantitative estimate of drug-likeness (QED) is 0.195. The number of carbonyl (C=O) groups is 3. The third kappa shape index (κ3) is 5.78. The maximum Gasteiger partial charge on any atom is 0.338 e. The molecule has 1 saturated heterocycles. The number of fused-ring (bicyclic) bond motifs is 1. The molecular weight excluding hydrogens is 580 g/mol. The summed E-state index contributed by atoms with van der Waals surface area (Å²) in [6.07, 6.45) is -2.30. The Hall–Kier alpha value is -5.75. The van der Waals surface area contributed by atoms with Crippen molar-refractivity contribution in [3.8, 4) is 0 Å². The molecular formula is C33H28N4O8. The van der Waals surface area contributed by atoms with Gasteiger partial charge >= 0.3 is 17.9 Å². The number of nitrogen functional groups attached to an aromatic ring is 1. The second-order valence-corrected chi connectivity index (χ2v) is 10.6. The van der Waals surface area contributed by atoms with Crippen LogP contribution in [0.25, 0.3) is 11.0 Å². The summed E-state index contributed by atoms with van der Waals surface area (Å²) in [5.74, 6) is -2.01. The zero-order chi connectivity index (χ0) is 31.6. The molecule has 0 amide bonds. The Morgan fingerprint density at radius 3 is 2.04 bits per heavy atom. The Morgan fingerprint density at radius 1 is 0.889 bits per heavy atom. The Bertz CT molecular complexity index is 1910. The van der Waals surface area contributed by atoms with Gasteiger partial charge in [-0.15, -0.1) is 0 Å². The Kier molecular flexibility index (Phi) is 7.88. The molecule has 0 saturated carbocycles. The molecule has 12 heteroatoms. The van der Waals surface area contributed by atoms with Gasteiger partial charge in [0.15, 0.2) is 23.4 Å². The molecule has 6 rings (SSSR count). The van der Waals surface area contributed by atoms with E-state index in [9.17, 15) is 19.2 Å². The Balaban J connectivity index is 1.43. The number of nitrogens with two attached hydrogens (primary N) is 1. The summed E-state index contributed by atoms with van der Waals surface area (Å²) in [7, 11) is 0. The van der Waals surface area contributed by atoms with Gasteiger partial charge in [-0.25, -0.2) is 19.4 Å². The van der Waals surface area contributed by atoms with E-state index in [1.807, 2.05) is 0 Å². The van der Waals surface area contributed by atoms with Gasteiger partial charge in [0.25, 0.3) is 5.56 Å². The van der Waals surface area contributed by atoms with Gasteiger partial charge in [0.1, 0.15) is 18.5 Å². The molecule has 0 radical (unpaired) electrons. The number of hydrogen-bond donors (Lipinski definition) is 2. The summed E-state index contributed by atoms with van der Waals surface area (Å²) in [6, 6.07) is 26.4. The summed E-state index contributed by atoms with van der Waals surface area (Å²) in [5.41, 5.74) is 4.78. The Morgan fingerprint density at radius 2 is 1.44 bits per heavy atom. The topological polar surface area (TPSA) is 165 Å². The molecule has 3 aromatic carbocycles. The zero-order valence-corrected chi connectivity index (χ0v) is 24.0. The first-order chi connectivity index (χ1) is 21.7. The maximum atomic E-state index is 13.5. The van der Waals surface area contributed by atoms with E-state index in [-0.39, 0.29) is 34.6 Å². The number of aromatic amines is 1. The van der Waals surface area contributed by atoms with Gasteiger partial charge in [-0.2, -0.15) is 0 Å². The number of carbonyl (C=O) groups excluding carboxylic acids is 3. The highest BCUT2D eigenvalue weighted by molar-refractivity contribution is 5.91. The first kappa shape index (κ1) is 29.3. The fourth-order valence-corrected chi connectivity index (χ4v) is 5.31. The van der Waals surface area contributed by atoms with Crippen molar-refractivity contribution in [2.45, 2.75) is 31.0 Å². The van der Waals surface area contributed by atoms with E-state index >= 15 is 0 Å². The van der Waals surface area contributed by atoms with E-state index in [1.54, 1.807) is 97.9 Å². The first-order valence-electron chi connectivity index (χ1n) is 14.0. The predicted molar refractivity (Wildman–Crippen MR) is 161 cm³/mol. The van der Waals surface area contributed by atoms with E-state index in [0.717, 1.165) is 0 Å². The molecule has 4 atom stereocenters. The largest absolute Gasteiger partial charge is 0.459 e. The highest BCUT2D eigenvalue weighted by Crippen LogP contribution is 2.45. The van der Waals surface area contributed by atoms with Crippen LogP contribution in [0, 0.1) is 0 Å². The van der Waals surface area contributed by atoms with Crippen molar-refractivity contribution in [3.05, 3.63) is 130 Å². The van der Waals surface area contributed by atoms with Crippen molar-refractivity contribution in [2.24, 2.45) is 0 Å². The number of nitrogens with one attached hydrogen (secondary N) is 1. The van der Waals surface area contributed by atoms with Crippen LogP contribution in [0.5, 0.6) is 0 Å². The van der Waals surface area contributed by atoms with Crippen LogP contribution in [0.3, 0.4) is 0 Å². The molecule has 0 aliphatic carbocycles. The molecule has 1 aliphatic rings. The van der Waals surface area contributed by atoms with Crippen LogP contribution < -0.4 is 11.3 Å². The van der Waals surface area contributed by atoms with Crippen molar-refractivity contribution in [3.63, 3.8) is 0 Å². The number of pyridine rings is 1. The van der Waals surface area contributed by atoms with Crippen molar-refractivity contribution in [2.75, 3.05) is 12.3 Å². The van der Waals surface area contributed by atoms with E-state index in [4.69, 9.17) is 24.7 Å². The Labute approximate surface area is 256 Å². The normalized spacial score (nSPS) is 20.9. The van der Waals surface area contributed by atoms with Gasteiger partial charge in [0.2, 0.25) is 0 Å². The van der Waals surface area contributed by atoms with E-state index in [1.165, 1.54) is 17.0 Å². The van der Waals surface area contributed by atoms with Crippen molar-refractivity contribution < 1.29 is 33.3 Å². The van der Waals surface area contributed by atoms with Crippen molar-refractivity contribution in [1.82, 2.24) is 14.5 Å².